The number of ether oxygens (including phenoxy) is 2. The average Bonchev–Trinajstić information content (AvgIpc) is 3.56. The van der Waals surface area contributed by atoms with Crippen LogP contribution in [0.15, 0.2) is 33.7 Å². The number of aryl methyl sites for hydroxylation is 2. The van der Waals surface area contributed by atoms with Gasteiger partial charge in [0.05, 0.1) is 23.9 Å². The Kier molecular flexibility index (Phi) is 6.33. The zero-order valence-corrected chi connectivity index (χ0v) is 23.4. The van der Waals surface area contributed by atoms with Gasteiger partial charge in [0, 0.05) is 42.2 Å². The maximum atomic E-state index is 14.1. The zero-order chi connectivity index (χ0) is 27.5. The Morgan fingerprint density at radius 2 is 1.82 bits per heavy atom. The van der Waals surface area contributed by atoms with Gasteiger partial charge in [-0.3, -0.25) is 9.59 Å². The number of rotatable bonds is 5. The van der Waals surface area contributed by atoms with E-state index < -0.39 is 5.79 Å². The number of aromatic nitrogens is 1. The average molecular weight is 532 g/mol. The molecule has 206 valence electrons. The summed E-state index contributed by atoms with van der Waals surface area (Å²) in [5, 5.41) is 3.40. The molecule has 6 rings (SSSR count). The van der Waals surface area contributed by atoms with Crippen LogP contribution in [0.1, 0.15) is 70.9 Å². The van der Waals surface area contributed by atoms with Crippen LogP contribution in [-0.4, -0.2) is 41.2 Å². The lowest BCUT2D eigenvalue weighted by Gasteiger charge is -2.37. The maximum absolute atomic E-state index is 14.1. The number of furan rings is 1. The van der Waals surface area contributed by atoms with E-state index >= 15 is 0 Å². The standard InChI is InChI=1S/C31H37N3O5/c1-17-15-18(2)33-29(35)23(17)16-34-13-12-22-25(30(34)36)19(3)27-28(26(22)24-7-6-14-37-24)39-31(4,38-27)20-8-10-21(32-5)11-9-20/h6-7,14-15,20-21,32H,8-13,16H2,1-5H3,(H,33,35)/t20?,21?,31-/m0/s1. The number of amides is 1. The van der Waals surface area contributed by atoms with Crippen LogP contribution in [0.4, 0.5) is 0 Å². The molecule has 0 unspecified atom stereocenters. The van der Waals surface area contributed by atoms with E-state index in [4.69, 9.17) is 13.9 Å². The molecule has 39 heavy (non-hydrogen) atoms. The lowest BCUT2D eigenvalue weighted by molar-refractivity contribution is -0.121. The van der Waals surface area contributed by atoms with Crippen LogP contribution in [-0.2, 0) is 13.0 Å². The highest BCUT2D eigenvalue weighted by Gasteiger charge is 2.49. The molecular weight excluding hydrogens is 494 g/mol. The fraction of sp³-hybridized carbons (Fsp3) is 0.484. The molecule has 1 aromatic carbocycles. The first-order chi connectivity index (χ1) is 18.7. The summed E-state index contributed by atoms with van der Waals surface area (Å²) in [6, 6.07) is 6.23. The molecule has 0 spiro atoms. The van der Waals surface area contributed by atoms with E-state index in [2.05, 4.69) is 10.3 Å². The third-order valence-corrected chi connectivity index (χ3v) is 8.98. The number of carbonyl (C=O) groups excluding carboxylic acids is 1. The van der Waals surface area contributed by atoms with Gasteiger partial charge < -0.3 is 29.1 Å². The normalized spacial score (nSPS) is 24.2. The Morgan fingerprint density at radius 3 is 2.49 bits per heavy atom. The van der Waals surface area contributed by atoms with E-state index in [0.29, 0.717) is 47.4 Å². The molecule has 2 N–H and O–H groups in total. The Hall–Kier alpha value is -3.52. The van der Waals surface area contributed by atoms with Crippen molar-refractivity contribution >= 4 is 5.91 Å². The van der Waals surface area contributed by atoms with Gasteiger partial charge in [0.15, 0.2) is 11.5 Å². The second-order valence-electron chi connectivity index (χ2n) is 11.5. The molecule has 1 atom stereocenters. The first-order valence-electron chi connectivity index (χ1n) is 14.0. The van der Waals surface area contributed by atoms with Crippen molar-refractivity contribution in [3.05, 3.63) is 68.3 Å². The fourth-order valence-corrected chi connectivity index (χ4v) is 6.75. The van der Waals surface area contributed by atoms with Gasteiger partial charge in [-0.15, -0.1) is 0 Å². The highest BCUT2D eigenvalue weighted by molar-refractivity contribution is 6.02. The number of nitrogens with one attached hydrogen (secondary N) is 2. The molecule has 0 saturated heterocycles. The van der Waals surface area contributed by atoms with Gasteiger partial charge in [-0.1, -0.05) is 0 Å². The first-order valence-corrected chi connectivity index (χ1v) is 14.0. The van der Waals surface area contributed by atoms with Crippen LogP contribution < -0.4 is 20.3 Å². The van der Waals surface area contributed by atoms with Gasteiger partial charge in [0.2, 0.25) is 0 Å². The molecule has 3 aromatic rings. The van der Waals surface area contributed by atoms with E-state index in [1.807, 2.05) is 52.9 Å². The van der Waals surface area contributed by atoms with E-state index in [0.717, 1.165) is 53.6 Å². The molecule has 8 heteroatoms. The number of pyridine rings is 1. The van der Waals surface area contributed by atoms with Gasteiger partial charge in [0.1, 0.15) is 5.76 Å². The second kappa shape index (κ2) is 9.59. The molecule has 1 saturated carbocycles. The van der Waals surface area contributed by atoms with Gasteiger partial charge >= 0.3 is 0 Å². The lowest BCUT2D eigenvalue weighted by atomic mass is 9.81. The van der Waals surface area contributed by atoms with E-state index in [-0.39, 0.29) is 23.9 Å². The third kappa shape index (κ3) is 4.25. The number of aromatic amines is 1. The van der Waals surface area contributed by atoms with E-state index in [1.54, 1.807) is 11.2 Å². The summed E-state index contributed by atoms with van der Waals surface area (Å²) >= 11 is 0. The highest BCUT2D eigenvalue weighted by Crippen LogP contribution is 2.55. The maximum Gasteiger partial charge on any atom is 0.254 e. The van der Waals surface area contributed by atoms with Gasteiger partial charge in [-0.05, 0) is 89.2 Å². The molecule has 1 fully saturated rings. The summed E-state index contributed by atoms with van der Waals surface area (Å²) in [4.78, 5) is 31.4. The SMILES string of the molecule is CNC1CCC([C@@]2(C)Oc3c(C)c4c(c(-c5ccco5)c3O2)CCN(Cc2c(C)cc(C)[nH]c2=O)C4=O)CC1. The molecule has 4 heterocycles. The van der Waals surface area contributed by atoms with Crippen molar-refractivity contribution in [2.45, 2.75) is 78.2 Å². The summed E-state index contributed by atoms with van der Waals surface area (Å²) in [5.41, 5.74) is 5.30. The van der Waals surface area contributed by atoms with Crippen LogP contribution in [0.2, 0.25) is 0 Å². The quantitative estimate of drug-likeness (QED) is 0.480. The number of benzene rings is 1. The van der Waals surface area contributed by atoms with Gasteiger partial charge in [-0.25, -0.2) is 0 Å². The van der Waals surface area contributed by atoms with Crippen molar-refractivity contribution in [2.24, 2.45) is 5.92 Å². The number of carbonyl (C=O) groups is 1. The Balaban J connectivity index is 1.40. The molecule has 1 aliphatic carbocycles. The number of hydrogen-bond acceptors (Lipinski definition) is 6. The predicted octanol–water partition coefficient (Wildman–Crippen LogP) is 5.02. The minimum atomic E-state index is -0.813. The number of hydrogen-bond donors (Lipinski definition) is 2. The molecule has 2 aromatic heterocycles. The largest absolute Gasteiger partial charge is 0.464 e. The molecule has 0 bridgehead atoms. The van der Waals surface area contributed by atoms with E-state index in [9.17, 15) is 9.59 Å². The third-order valence-electron chi connectivity index (χ3n) is 8.98. The molecular formula is C31H37N3O5. The summed E-state index contributed by atoms with van der Waals surface area (Å²) in [5.74, 6) is 1.28. The summed E-state index contributed by atoms with van der Waals surface area (Å²) in [7, 11) is 2.02. The monoisotopic (exact) mass is 531 g/mol. The summed E-state index contributed by atoms with van der Waals surface area (Å²) in [6.45, 7) is 8.52. The minimum Gasteiger partial charge on any atom is -0.464 e. The molecule has 2 aliphatic heterocycles. The van der Waals surface area contributed by atoms with Gasteiger partial charge in [-0.2, -0.15) is 0 Å². The summed E-state index contributed by atoms with van der Waals surface area (Å²) < 4.78 is 19.3. The van der Waals surface area contributed by atoms with Crippen molar-refractivity contribution in [2.75, 3.05) is 13.6 Å². The van der Waals surface area contributed by atoms with Crippen molar-refractivity contribution in [3.8, 4) is 22.8 Å². The molecule has 1 amide bonds. The smallest absolute Gasteiger partial charge is 0.254 e. The van der Waals surface area contributed by atoms with Crippen LogP contribution >= 0.6 is 0 Å². The number of nitrogens with zero attached hydrogens (tertiary/aromatic N) is 1. The molecule has 8 nitrogen and oxygen atoms in total. The van der Waals surface area contributed by atoms with Crippen molar-refractivity contribution in [3.63, 3.8) is 0 Å². The fourth-order valence-electron chi connectivity index (χ4n) is 6.75. The topological polar surface area (TPSA) is 96.8 Å². The van der Waals surface area contributed by atoms with Crippen molar-refractivity contribution in [1.29, 1.82) is 0 Å². The number of fused-ring (bicyclic) bond motifs is 2. The van der Waals surface area contributed by atoms with Crippen LogP contribution in [0.5, 0.6) is 11.5 Å². The van der Waals surface area contributed by atoms with Crippen LogP contribution in [0, 0.1) is 26.7 Å². The summed E-state index contributed by atoms with van der Waals surface area (Å²) in [6.07, 6.45) is 6.42. The second-order valence-corrected chi connectivity index (χ2v) is 11.5. The lowest BCUT2D eigenvalue weighted by Crippen LogP contribution is -2.46. The Bertz CT molecular complexity index is 1480. The Morgan fingerprint density at radius 1 is 1.08 bits per heavy atom. The Labute approximate surface area is 228 Å². The van der Waals surface area contributed by atoms with Crippen molar-refractivity contribution in [1.82, 2.24) is 15.2 Å². The first kappa shape index (κ1) is 25.7. The van der Waals surface area contributed by atoms with E-state index in [1.165, 1.54) is 0 Å². The predicted molar refractivity (Wildman–Crippen MR) is 148 cm³/mol. The zero-order valence-electron chi connectivity index (χ0n) is 23.4. The highest BCUT2D eigenvalue weighted by atomic mass is 16.7. The van der Waals surface area contributed by atoms with Gasteiger partial charge in [0.25, 0.3) is 17.3 Å². The van der Waals surface area contributed by atoms with Crippen LogP contribution in [0.25, 0.3) is 11.3 Å². The molecule has 0 radical (unpaired) electrons. The number of H-pyrrole nitrogens is 1. The van der Waals surface area contributed by atoms with Crippen LogP contribution in [0.3, 0.4) is 0 Å². The minimum absolute atomic E-state index is 0.101. The van der Waals surface area contributed by atoms with Crippen molar-refractivity contribution < 1.29 is 18.7 Å². The molecule has 3 aliphatic rings.